The first-order chi connectivity index (χ1) is 13.5. The zero-order valence-electron chi connectivity index (χ0n) is 18.4. The van der Waals surface area contributed by atoms with Crippen LogP contribution in [0, 0.1) is 5.41 Å². The second-order valence-electron chi connectivity index (χ2n) is 8.30. The summed E-state index contributed by atoms with van der Waals surface area (Å²) in [6.07, 6.45) is -0.491. The number of hydrogen-bond acceptors (Lipinski definition) is 7. The molecule has 0 unspecified atom stereocenters. The summed E-state index contributed by atoms with van der Waals surface area (Å²) in [4.78, 5) is 23.9. The normalized spacial score (nSPS) is 11.6. The predicted octanol–water partition coefficient (Wildman–Crippen LogP) is 3.43. The molecule has 0 aliphatic carbocycles. The summed E-state index contributed by atoms with van der Waals surface area (Å²) in [6.45, 7) is 10.7. The number of nitrogens with one attached hydrogen (secondary N) is 1. The van der Waals surface area contributed by atoms with Crippen LogP contribution in [0.4, 0.5) is 4.79 Å². The van der Waals surface area contributed by atoms with Gasteiger partial charge < -0.3 is 29.0 Å². The van der Waals surface area contributed by atoms with Gasteiger partial charge in [-0.25, -0.2) is 9.59 Å². The number of methoxy groups -OCH3 is 2. The van der Waals surface area contributed by atoms with E-state index in [1.165, 1.54) is 7.11 Å². The molecular weight excluding hydrogens is 378 g/mol. The Bertz CT molecular complexity index is 680. The Balaban J connectivity index is 2.78. The Kier molecular flexibility index (Phi) is 9.23. The van der Waals surface area contributed by atoms with E-state index in [2.05, 4.69) is 5.32 Å². The predicted molar refractivity (Wildman–Crippen MR) is 109 cm³/mol. The Morgan fingerprint density at radius 1 is 1.00 bits per heavy atom. The lowest BCUT2D eigenvalue weighted by Gasteiger charge is -2.27. The van der Waals surface area contributed by atoms with Crippen molar-refractivity contribution in [2.24, 2.45) is 5.41 Å². The molecule has 0 saturated heterocycles. The van der Waals surface area contributed by atoms with E-state index < -0.39 is 23.1 Å². The van der Waals surface area contributed by atoms with Crippen molar-refractivity contribution in [1.82, 2.24) is 5.32 Å². The number of esters is 1. The minimum atomic E-state index is -0.566. The molecule has 8 nitrogen and oxygen atoms in total. The summed E-state index contributed by atoms with van der Waals surface area (Å²) in [5.74, 6) is 0.389. The van der Waals surface area contributed by atoms with Gasteiger partial charge in [-0.1, -0.05) is 13.8 Å². The van der Waals surface area contributed by atoms with Crippen LogP contribution in [-0.4, -0.2) is 58.2 Å². The summed E-state index contributed by atoms with van der Waals surface area (Å²) in [7, 11) is 2.90. The molecular formula is C21H33NO7. The molecule has 1 rings (SSSR count). The van der Waals surface area contributed by atoms with E-state index in [-0.39, 0.29) is 6.61 Å². The number of alkyl carbamates (subject to hydrolysis) is 1. The minimum Gasteiger partial charge on any atom is -0.492 e. The number of ether oxygens (including phenoxy) is 5. The first kappa shape index (κ1) is 24.6. The Labute approximate surface area is 172 Å². The van der Waals surface area contributed by atoms with Gasteiger partial charge in [-0.3, -0.25) is 0 Å². The smallest absolute Gasteiger partial charge is 0.407 e. The molecule has 1 aromatic carbocycles. The molecule has 29 heavy (non-hydrogen) atoms. The van der Waals surface area contributed by atoms with E-state index in [4.69, 9.17) is 23.7 Å². The molecule has 0 aliphatic heterocycles. The average molecular weight is 411 g/mol. The molecule has 0 heterocycles. The quantitative estimate of drug-likeness (QED) is 0.466. The van der Waals surface area contributed by atoms with Gasteiger partial charge in [0.15, 0.2) is 0 Å². The molecule has 0 aliphatic rings. The van der Waals surface area contributed by atoms with Crippen molar-refractivity contribution in [3.63, 3.8) is 0 Å². The lowest BCUT2D eigenvalue weighted by atomic mass is 9.95. The number of carbonyl (C=O) groups is 2. The molecule has 0 atom stereocenters. The van der Waals surface area contributed by atoms with Crippen molar-refractivity contribution < 1.29 is 33.3 Å². The molecule has 0 saturated carbocycles. The van der Waals surface area contributed by atoms with E-state index in [1.807, 2.05) is 13.8 Å². The van der Waals surface area contributed by atoms with Crippen LogP contribution in [0.1, 0.15) is 45.0 Å². The number of hydrogen-bond donors (Lipinski definition) is 1. The highest BCUT2D eigenvalue weighted by atomic mass is 16.6. The maximum atomic E-state index is 12.0. The van der Waals surface area contributed by atoms with Gasteiger partial charge in [0.05, 0.1) is 20.3 Å². The molecule has 164 valence electrons. The average Bonchev–Trinajstić information content (AvgIpc) is 2.63. The zero-order valence-corrected chi connectivity index (χ0v) is 18.4. The second kappa shape index (κ2) is 10.9. The molecule has 0 spiro atoms. The van der Waals surface area contributed by atoms with Crippen LogP contribution in [0.5, 0.6) is 11.5 Å². The lowest BCUT2D eigenvalue weighted by Crippen LogP contribution is -2.40. The SMILES string of the molecule is COCCOc1ccc(C(=O)OC)c(OCC(C)(C)CNC(=O)OC(C)(C)C)c1. The number of amides is 1. The van der Waals surface area contributed by atoms with E-state index in [0.29, 0.717) is 36.8 Å². The van der Waals surface area contributed by atoms with Crippen molar-refractivity contribution in [2.45, 2.75) is 40.2 Å². The number of rotatable bonds is 10. The van der Waals surface area contributed by atoms with Crippen molar-refractivity contribution in [3.8, 4) is 11.5 Å². The summed E-state index contributed by atoms with van der Waals surface area (Å²) in [5.41, 5.74) is -0.692. The van der Waals surface area contributed by atoms with E-state index in [0.717, 1.165) is 0 Å². The van der Waals surface area contributed by atoms with Gasteiger partial charge in [0.25, 0.3) is 0 Å². The maximum Gasteiger partial charge on any atom is 0.407 e. The third-order valence-electron chi connectivity index (χ3n) is 3.64. The standard InChI is InChI=1S/C21H33NO7/c1-20(2,3)29-19(24)22-13-21(4,5)14-28-17-12-15(27-11-10-25-6)8-9-16(17)18(23)26-7/h8-9,12H,10-11,13-14H2,1-7H3,(H,22,24). The number of carbonyl (C=O) groups excluding carboxylic acids is 2. The fourth-order valence-corrected chi connectivity index (χ4v) is 2.18. The first-order valence-corrected chi connectivity index (χ1v) is 9.41. The van der Waals surface area contributed by atoms with Gasteiger partial charge in [0, 0.05) is 25.1 Å². The third-order valence-corrected chi connectivity index (χ3v) is 3.64. The minimum absolute atomic E-state index is 0.244. The molecule has 0 radical (unpaired) electrons. The van der Waals surface area contributed by atoms with E-state index in [1.54, 1.807) is 46.1 Å². The highest BCUT2D eigenvalue weighted by Crippen LogP contribution is 2.28. The van der Waals surface area contributed by atoms with Crippen molar-refractivity contribution in [3.05, 3.63) is 23.8 Å². The van der Waals surface area contributed by atoms with Gasteiger partial charge in [-0.05, 0) is 32.9 Å². The van der Waals surface area contributed by atoms with Crippen molar-refractivity contribution in [1.29, 1.82) is 0 Å². The van der Waals surface area contributed by atoms with E-state index >= 15 is 0 Å². The summed E-state index contributed by atoms with van der Waals surface area (Å²) in [5, 5.41) is 2.74. The monoisotopic (exact) mass is 411 g/mol. The molecule has 0 fully saturated rings. The molecule has 8 heteroatoms. The van der Waals surface area contributed by atoms with Crippen LogP contribution in [-0.2, 0) is 14.2 Å². The maximum absolute atomic E-state index is 12.0. The summed E-state index contributed by atoms with van der Waals surface area (Å²) < 4.78 is 26.5. The largest absolute Gasteiger partial charge is 0.492 e. The van der Waals surface area contributed by atoms with Crippen LogP contribution in [0.3, 0.4) is 0 Å². The van der Waals surface area contributed by atoms with Crippen molar-refractivity contribution >= 4 is 12.1 Å². The van der Waals surface area contributed by atoms with Crippen LogP contribution >= 0.6 is 0 Å². The Morgan fingerprint density at radius 3 is 2.28 bits per heavy atom. The van der Waals surface area contributed by atoms with Crippen LogP contribution in [0.15, 0.2) is 18.2 Å². The molecule has 0 bridgehead atoms. The summed E-state index contributed by atoms with van der Waals surface area (Å²) in [6, 6.07) is 4.90. The highest BCUT2D eigenvalue weighted by Gasteiger charge is 2.24. The number of benzene rings is 1. The fraction of sp³-hybridized carbons (Fsp3) is 0.619. The van der Waals surface area contributed by atoms with Crippen LogP contribution in [0.25, 0.3) is 0 Å². The first-order valence-electron chi connectivity index (χ1n) is 9.41. The van der Waals surface area contributed by atoms with E-state index in [9.17, 15) is 9.59 Å². The van der Waals surface area contributed by atoms with Gasteiger partial charge in [-0.2, -0.15) is 0 Å². The highest BCUT2D eigenvalue weighted by molar-refractivity contribution is 5.92. The van der Waals surface area contributed by atoms with Crippen LogP contribution < -0.4 is 14.8 Å². The zero-order chi connectivity index (χ0) is 22.1. The molecule has 1 amide bonds. The Morgan fingerprint density at radius 2 is 1.69 bits per heavy atom. The lowest BCUT2D eigenvalue weighted by molar-refractivity contribution is 0.0492. The second-order valence-corrected chi connectivity index (χ2v) is 8.30. The molecule has 0 aromatic heterocycles. The Hall–Kier alpha value is -2.48. The molecule has 1 aromatic rings. The van der Waals surface area contributed by atoms with Gasteiger partial charge in [0.1, 0.15) is 29.3 Å². The topological polar surface area (TPSA) is 92.3 Å². The fourth-order valence-electron chi connectivity index (χ4n) is 2.18. The third kappa shape index (κ3) is 9.51. The van der Waals surface area contributed by atoms with Gasteiger partial charge in [-0.15, -0.1) is 0 Å². The molecule has 1 N–H and O–H groups in total. The van der Waals surface area contributed by atoms with Crippen LogP contribution in [0.2, 0.25) is 0 Å². The van der Waals surface area contributed by atoms with Gasteiger partial charge >= 0.3 is 12.1 Å². The summed E-state index contributed by atoms with van der Waals surface area (Å²) >= 11 is 0. The van der Waals surface area contributed by atoms with Gasteiger partial charge in [0.2, 0.25) is 0 Å². The van der Waals surface area contributed by atoms with Crippen molar-refractivity contribution in [2.75, 3.05) is 40.6 Å².